The number of carbonyl (C=O) groups is 1. The summed E-state index contributed by atoms with van der Waals surface area (Å²) in [6.07, 6.45) is -1.06. The highest BCUT2D eigenvalue weighted by Gasteiger charge is 2.41. The minimum absolute atomic E-state index is 0.0368. The second kappa shape index (κ2) is 10.00. The second-order valence-corrected chi connectivity index (χ2v) is 8.52. The summed E-state index contributed by atoms with van der Waals surface area (Å²) in [5.41, 5.74) is 0.0386. The van der Waals surface area contributed by atoms with Gasteiger partial charge < -0.3 is 25.0 Å². The number of aliphatic hydroxyl groups is 1. The van der Waals surface area contributed by atoms with Crippen molar-refractivity contribution in [1.82, 2.24) is 20.4 Å². The molecule has 2 atom stereocenters. The van der Waals surface area contributed by atoms with Gasteiger partial charge in [-0.05, 0) is 37.5 Å². The maximum atomic E-state index is 14.3. The summed E-state index contributed by atoms with van der Waals surface area (Å²) in [5.74, 6) is -0.980. The van der Waals surface area contributed by atoms with E-state index in [1.165, 1.54) is 0 Å². The quantitative estimate of drug-likeness (QED) is 0.589. The van der Waals surface area contributed by atoms with Crippen molar-refractivity contribution < 1.29 is 32.2 Å². The molecule has 0 radical (unpaired) electrons. The zero-order valence-corrected chi connectivity index (χ0v) is 18.2. The van der Waals surface area contributed by atoms with Gasteiger partial charge in [-0.1, -0.05) is 6.07 Å². The van der Waals surface area contributed by atoms with E-state index in [9.17, 15) is 27.5 Å². The van der Waals surface area contributed by atoms with Crippen molar-refractivity contribution in [1.29, 1.82) is 0 Å². The van der Waals surface area contributed by atoms with Gasteiger partial charge in [0.2, 0.25) is 0 Å². The molecule has 1 aromatic heterocycles. The number of piperidine rings is 1. The van der Waals surface area contributed by atoms with Crippen molar-refractivity contribution in [3.63, 3.8) is 0 Å². The fraction of sp³-hybridized carbons (Fsp3) is 0.500. The normalized spacial score (nSPS) is 20.7. The maximum Gasteiger partial charge on any atom is 0.573 e. The summed E-state index contributed by atoms with van der Waals surface area (Å²) in [6.45, 7) is 0.871. The molecule has 2 fully saturated rings. The smallest absolute Gasteiger partial charge is 0.406 e. The van der Waals surface area contributed by atoms with Gasteiger partial charge in [0.15, 0.2) is 5.82 Å². The lowest BCUT2D eigenvalue weighted by Crippen LogP contribution is -2.56. The lowest BCUT2D eigenvalue weighted by Gasteiger charge is -2.42. The predicted octanol–water partition coefficient (Wildman–Crippen LogP) is 3.08. The molecular formula is C22H25F4N5O3. The summed E-state index contributed by atoms with van der Waals surface area (Å²) >= 11 is 0. The van der Waals surface area contributed by atoms with E-state index in [1.54, 1.807) is 17.2 Å². The fourth-order valence-corrected chi connectivity index (χ4v) is 4.27. The van der Waals surface area contributed by atoms with Gasteiger partial charge in [-0.25, -0.2) is 9.18 Å². The van der Waals surface area contributed by atoms with Crippen LogP contribution in [0.1, 0.15) is 24.8 Å². The van der Waals surface area contributed by atoms with Crippen LogP contribution in [0, 0.1) is 11.7 Å². The largest absolute Gasteiger partial charge is 0.573 e. The number of urea groups is 1. The molecule has 12 heteroatoms. The molecule has 1 saturated heterocycles. The fourth-order valence-electron chi connectivity index (χ4n) is 4.27. The van der Waals surface area contributed by atoms with Gasteiger partial charge >= 0.3 is 12.4 Å². The van der Waals surface area contributed by atoms with Crippen molar-refractivity contribution in [2.75, 3.05) is 24.6 Å². The number of ether oxygens (including phenoxy) is 1. The molecule has 2 heterocycles. The first-order valence-corrected chi connectivity index (χ1v) is 11.0. The van der Waals surface area contributed by atoms with E-state index < -0.39 is 17.9 Å². The number of carbonyl (C=O) groups excluding carboxylic acids is 1. The Morgan fingerprint density at radius 2 is 2.03 bits per heavy atom. The van der Waals surface area contributed by atoms with E-state index in [2.05, 4.69) is 20.3 Å². The van der Waals surface area contributed by atoms with Gasteiger partial charge in [0.05, 0.1) is 6.04 Å². The number of hydrogen-bond donors (Lipinski definition) is 2. The Morgan fingerprint density at radius 3 is 2.65 bits per heavy atom. The van der Waals surface area contributed by atoms with Gasteiger partial charge in [-0.15, -0.1) is 18.3 Å². The number of halogens is 4. The third kappa shape index (κ3) is 6.04. The number of hydrogen-bond acceptors (Lipinski definition) is 6. The zero-order chi connectivity index (χ0) is 24.3. The van der Waals surface area contributed by atoms with E-state index >= 15 is 0 Å². The lowest BCUT2D eigenvalue weighted by atomic mass is 9.93. The van der Waals surface area contributed by atoms with Gasteiger partial charge in [-0.2, -0.15) is 5.10 Å². The first kappa shape index (κ1) is 24.0. The minimum Gasteiger partial charge on any atom is -0.406 e. The monoisotopic (exact) mass is 483 g/mol. The molecule has 2 N–H and O–H groups in total. The Morgan fingerprint density at radius 1 is 1.24 bits per heavy atom. The Labute approximate surface area is 193 Å². The predicted molar refractivity (Wildman–Crippen MR) is 113 cm³/mol. The van der Waals surface area contributed by atoms with E-state index in [4.69, 9.17) is 0 Å². The highest BCUT2D eigenvalue weighted by atomic mass is 19.4. The van der Waals surface area contributed by atoms with Crippen molar-refractivity contribution in [2.45, 2.75) is 44.3 Å². The van der Waals surface area contributed by atoms with Crippen LogP contribution in [0.15, 0.2) is 36.5 Å². The van der Waals surface area contributed by atoms with Crippen LogP contribution in [-0.2, 0) is 6.54 Å². The maximum absolute atomic E-state index is 14.3. The number of amides is 2. The standard InChI is InChI=1S/C22H25F4N5O3/c23-19-9-18(34-22(24,25)26)6-3-15(19)10-27-21(33)31(16-4-5-16)17-8-14(13-32)11-30(12-17)20-2-1-7-28-29-20/h1-3,6-7,9,14,16-17,32H,4-5,8,10-13H2,(H,27,33)/t14-,17+/m0/s1. The molecule has 1 aliphatic heterocycles. The molecular weight excluding hydrogens is 458 g/mol. The lowest BCUT2D eigenvalue weighted by molar-refractivity contribution is -0.274. The molecule has 0 spiro atoms. The van der Waals surface area contributed by atoms with E-state index in [0.29, 0.717) is 31.4 Å². The van der Waals surface area contributed by atoms with E-state index in [-0.39, 0.29) is 42.7 Å². The van der Waals surface area contributed by atoms with Crippen LogP contribution in [0.4, 0.5) is 28.2 Å². The second-order valence-electron chi connectivity index (χ2n) is 8.52. The summed E-state index contributed by atoms with van der Waals surface area (Å²) in [5, 5.41) is 20.6. The molecule has 2 amide bonds. The van der Waals surface area contributed by atoms with Gasteiger partial charge in [0.25, 0.3) is 0 Å². The average molecular weight is 483 g/mol. The molecule has 0 unspecified atom stereocenters. The van der Waals surface area contributed by atoms with Crippen LogP contribution in [0.5, 0.6) is 5.75 Å². The Hall–Kier alpha value is -3.15. The van der Waals surface area contributed by atoms with Crippen LogP contribution < -0.4 is 15.0 Å². The SMILES string of the molecule is O=C(NCc1ccc(OC(F)(F)F)cc1F)N(C1CC1)[C@@H]1C[C@H](CO)CN(c2cccnn2)C1. The molecule has 184 valence electrons. The van der Waals surface area contributed by atoms with Gasteiger partial charge in [-0.3, -0.25) is 0 Å². The highest BCUT2D eigenvalue weighted by molar-refractivity contribution is 5.75. The van der Waals surface area contributed by atoms with Gasteiger partial charge in [0.1, 0.15) is 11.6 Å². The molecule has 34 heavy (non-hydrogen) atoms. The Bertz CT molecular complexity index is 990. The highest BCUT2D eigenvalue weighted by Crippen LogP contribution is 2.33. The van der Waals surface area contributed by atoms with Gasteiger partial charge in [0, 0.05) is 56.0 Å². The summed E-state index contributed by atoms with van der Waals surface area (Å²) in [7, 11) is 0. The van der Waals surface area contributed by atoms with Crippen molar-refractivity contribution in [2.24, 2.45) is 5.92 Å². The number of alkyl halides is 3. The summed E-state index contributed by atoms with van der Waals surface area (Å²) in [6, 6.07) is 5.83. The number of nitrogens with zero attached hydrogens (tertiary/aromatic N) is 4. The number of aromatic nitrogens is 2. The van der Waals surface area contributed by atoms with E-state index in [1.807, 2.05) is 11.0 Å². The number of rotatable bonds is 7. The van der Waals surface area contributed by atoms with E-state index in [0.717, 1.165) is 25.0 Å². The summed E-state index contributed by atoms with van der Waals surface area (Å²) < 4.78 is 55.0. The van der Waals surface area contributed by atoms with Crippen molar-refractivity contribution in [3.8, 4) is 5.75 Å². The van der Waals surface area contributed by atoms with Crippen LogP contribution in [0.3, 0.4) is 0 Å². The van der Waals surface area contributed by atoms with Crippen molar-refractivity contribution in [3.05, 3.63) is 47.9 Å². The molecule has 1 aromatic carbocycles. The topological polar surface area (TPSA) is 90.8 Å². The number of anilines is 1. The molecule has 1 saturated carbocycles. The van der Waals surface area contributed by atoms with Crippen LogP contribution in [-0.4, -0.2) is 64.4 Å². The van der Waals surface area contributed by atoms with Crippen LogP contribution in [0.25, 0.3) is 0 Å². The first-order valence-electron chi connectivity index (χ1n) is 11.0. The third-order valence-electron chi connectivity index (χ3n) is 5.91. The molecule has 8 nitrogen and oxygen atoms in total. The first-order chi connectivity index (χ1) is 16.2. The zero-order valence-electron chi connectivity index (χ0n) is 18.2. The molecule has 0 bridgehead atoms. The third-order valence-corrected chi connectivity index (χ3v) is 5.91. The molecule has 2 aromatic rings. The molecule has 2 aliphatic rings. The van der Waals surface area contributed by atoms with Crippen molar-refractivity contribution >= 4 is 11.8 Å². The Balaban J connectivity index is 1.43. The van der Waals surface area contributed by atoms with Crippen LogP contribution >= 0.6 is 0 Å². The number of aliphatic hydroxyl groups excluding tert-OH is 1. The number of benzene rings is 1. The number of nitrogens with one attached hydrogen (secondary N) is 1. The molecule has 4 rings (SSSR count). The summed E-state index contributed by atoms with van der Waals surface area (Å²) in [4.78, 5) is 16.8. The van der Waals surface area contributed by atoms with Crippen LogP contribution in [0.2, 0.25) is 0 Å². The molecule has 1 aliphatic carbocycles. The average Bonchev–Trinajstić information content (AvgIpc) is 3.63. The minimum atomic E-state index is -4.92. The Kier molecular flexibility index (Phi) is 7.05.